The zero-order chi connectivity index (χ0) is 28.0. The molecule has 2 N–H and O–H groups in total. The van der Waals surface area contributed by atoms with Gasteiger partial charge in [0.05, 0.1) is 34.3 Å². The molecule has 38 heavy (non-hydrogen) atoms. The molecule has 0 fully saturated rings. The Morgan fingerprint density at radius 2 is 1.00 bits per heavy atom. The molecule has 4 aromatic carbocycles. The summed E-state index contributed by atoms with van der Waals surface area (Å²) in [4.78, 5) is 0. The molecule has 5 nitrogen and oxygen atoms in total. The molecule has 0 bridgehead atoms. The van der Waals surface area contributed by atoms with E-state index in [9.17, 15) is 8.78 Å². The van der Waals surface area contributed by atoms with Gasteiger partial charge >= 0.3 is 0 Å². The Bertz CT molecular complexity index is 1300. The standard InChI is InChI=1S/C13H8BrCl2FO2.C13H10Cl2FNO2/c1-18-8-2-3-12(11(17)6-8)19-13-9(15)4-7(14)5-10(13)16;1-18-8-2-3-12(11(16)6-8)19-13-9(14)4-7(17)5-10(13)15/h2-6H,1H3;2-6H,17H2,1H3. The van der Waals surface area contributed by atoms with E-state index >= 15 is 0 Å². The Labute approximate surface area is 246 Å². The molecule has 0 spiro atoms. The molecule has 0 amide bonds. The van der Waals surface area contributed by atoms with Crippen LogP contribution >= 0.6 is 62.3 Å². The molecule has 0 aliphatic carbocycles. The van der Waals surface area contributed by atoms with Crippen LogP contribution < -0.4 is 24.7 Å². The van der Waals surface area contributed by atoms with Crippen LogP contribution in [0.15, 0.2) is 65.1 Å². The van der Waals surface area contributed by atoms with Crippen molar-refractivity contribution in [3.63, 3.8) is 0 Å². The number of nitrogens with two attached hydrogens (primary N) is 1. The van der Waals surface area contributed by atoms with Gasteiger partial charge in [-0.3, -0.25) is 0 Å². The Kier molecular flexibility index (Phi) is 10.6. The summed E-state index contributed by atoms with van der Waals surface area (Å²) in [5.41, 5.74) is 5.97. The molecule has 0 unspecified atom stereocenters. The molecule has 0 heterocycles. The molecular formula is C26H18BrCl4F2NO4. The average Bonchev–Trinajstić information content (AvgIpc) is 2.85. The molecule has 0 saturated carbocycles. The predicted molar refractivity (Wildman–Crippen MR) is 151 cm³/mol. The minimum Gasteiger partial charge on any atom is -0.497 e. The van der Waals surface area contributed by atoms with E-state index in [0.717, 1.165) is 0 Å². The number of ether oxygens (including phenoxy) is 4. The smallest absolute Gasteiger partial charge is 0.169 e. The summed E-state index contributed by atoms with van der Waals surface area (Å²) >= 11 is 27.2. The molecule has 0 radical (unpaired) electrons. The van der Waals surface area contributed by atoms with Gasteiger partial charge in [0.2, 0.25) is 0 Å². The van der Waals surface area contributed by atoms with Crippen LogP contribution in [0, 0.1) is 11.6 Å². The van der Waals surface area contributed by atoms with Crippen LogP contribution in [-0.4, -0.2) is 14.2 Å². The molecule has 4 rings (SSSR count). The largest absolute Gasteiger partial charge is 0.497 e. The van der Waals surface area contributed by atoms with Crippen molar-refractivity contribution < 1.29 is 27.7 Å². The molecule has 0 atom stereocenters. The first-order valence-electron chi connectivity index (χ1n) is 10.4. The van der Waals surface area contributed by atoms with Crippen molar-refractivity contribution in [1.82, 2.24) is 0 Å². The summed E-state index contributed by atoms with van der Waals surface area (Å²) in [6, 6.07) is 14.6. The number of nitrogen functional groups attached to an aromatic ring is 1. The third-order valence-corrected chi connectivity index (χ3v) is 6.27. The highest BCUT2D eigenvalue weighted by Gasteiger charge is 2.14. The summed E-state index contributed by atoms with van der Waals surface area (Å²) in [6.07, 6.45) is 0. The highest BCUT2D eigenvalue weighted by molar-refractivity contribution is 9.10. The summed E-state index contributed by atoms with van der Waals surface area (Å²) in [6.45, 7) is 0. The Morgan fingerprint density at radius 3 is 1.34 bits per heavy atom. The number of benzene rings is 4. The fourth-order valence-electron chi connectivity index (χ4n) is 2.91. The maximum absolute atomic E-state index is 13.8. The third-order valence-electron chi connectivity index (χ3n) is 4.69. The van der Waals surface area contributed by atoms with E-state index < -0.39 is 11.6 Å². The van der Waals surface area contributed by atoms with Crippen molar-refractivity contribution >= 4 is 68.0 Å². The lowest BCUT2D eigenvalue weighted by molar-refractivity contribution is 0.402. The monoisotopic (exact) mass is 665 g/mol. The van der Waals surface area contributed by atoms with Gasteiger partial charge in [0.15, 0.2) is 34.6 Å². The van der Waals surface area contributed by atoms with Crippen molar-refractivity contribution in [2.45, 2.75) is 0 Å². The van der Waals surface area contributed by atoms with Crippen LogP contribution in [0.5, 0.6) is 34.5 Å². The second-order valence-corrected chi connectivity index (χ2v) is 9.85. The quantitative estimate of drug-likeness (QED) is 0.207. The Morgan fingerprint density at radius 1 is 0.632 bits per heavy atom. The van der Waals surface area contributed by atoms with Crippen molar-refractivity contribution in [2.75, 3.05) is 20.0 Å². The van der Waals surface area contributed by atoms with Crippen molar-refractivity contribution in [3.8, 4) is 34.5 Å². The van der Waals surface area contributed by atoms with Gasteiger partial charge in [-0.05, 0) is 48.5 Å². The predicted octanol–water partition coefficient (Wildman–Crippen LogP) is 10.2. The third kappa shape index (κ3) is 7.71. The zero-order valence-corrected chi connectivity index (χ0v) is 24.2. The lowest BCUT2D eigenvalue weighted by Gasteiger charge is -2.11. The molecule has 0 aliphatic heterocycles. The number of hydrogen-bond acceptors (Lipinski definition) is 5. The Balaban J connectivity index is 0.000000211. The lowest BCUT2D eigenvalue weighted by Crippen LogP contribution is -1.93. The highest BCUT2D eigenvalue weighted by atomic mass is 79.9. The molecular weight excluding hydrogens is 650 g/mol. The van der Waals surface area contributed by atoms with Gasteiger partial charge in [-0.1, -0.05) is 62.3 Å². The van der Waals surface area contributed by atoms with E-state index in [1.807, 2.05) is 0 Å². The van der Waals surface area contributed by atoms with Gasteiger partial charge in [0.25, 0.3) is 0 Å². The zero-order valence-electron chi connectivity index (χ0n) is 19.6. The van der Waals surface area contributed by atoms with Crippen LogP contribution in [0.25, 0.3) is 0 Å². The molecule has 0 aromatic heterocycles. The van der Waals surface area contributed by atoms with Crippen LogP contribution in [0.1, 0.15) is 0 Å². The van der Waals surface area contributed by atoms with Gasteiger partial charge in [0, 0.05) is 22.3 Å². The lowest BCUT2D eigenvalue weighted by atomic mass is 10.3. The van der Waals surface area contributed by atoms with Crippen LogP contribution in [0.4, 0.5) is 14.5 Å². The van der Waals surface area contributed by atoms with Crippen LogP contribution in [-0.2, 0) is 0 Å². The molecule has 200 valence electrons. The molecule has 4 aromatic rings. The van der Waals surface area contributed by atoms with Crippen LogP contribution in [0.2, 0.25) is 20.1 Å². The second kappa shape index (κ2) is 13.4. The Hall–Kier alpha value is -2.62. The summed E-state index contributed by atoms with van der Waals surface area (Å²) < 4.78 is 48.8. The molecule has 12 heteroatoms. The number of anilines is 1. The minimum atomic E-state index is -0.580. The first-order valence-corrected chi connectivity index (χ1v) is 12.7. The second-order valence-electron chi connectivity index (χ2n) is 7.31. The van der Waals surface area contributed by atoms with Crippen molar-refractivity contribution in [3.05, 3.63) is 96.9 Å². The van der Waals surface area contributed by atoms with Crippen molar-refractivity contribution in [2.24, 2.45) is 0 Å². The van der Waals surface area contributed by atoms with E-state index in [1.165, 1.54) is 50.6 Å². The summed E-state index contributed by atoms with van der Waals surface area (Å²) in [5, 5.41) is 0.990. The van der Waals surface area contributed by atoms with E-state index in [0.29, 0.717) is 21.7 Å². The SMILES string of the molecule is COc1ccc(Oc2c(Cl)cc(Br)cc2Cl)c(F)c1.COc1ccc(Oc2c(Cl)cc(N)cc2Cl)c(F)c1. The average molecular weight is 668 g/mol. The van der Waals surface area contributed by atoms with Gasteiger partial charge in [-0.2, -0.15) is 0 Å². The van der Waals surface area contributed by atoms with Crippen LogP contribution in [0.3, 0.4) is 0 Å². The first-order chi connectivity index (χ1) is 18.0. The van der Waals surface area contributed by atoms with E-state index in [1.54, 1.807) is 24.3 Å². The maximum atomic E-state index is 13.8. The van der Waals surface area contributed by atoms with Gasteiger partial charge in [-0.25, -0.2) is 8.78 Å². The fourth-order valence-corrected chi connectivity index (χ4v) is 4.77. The first kappa shape index (κ1) is 29.9. The number of halogens is 7. The van der Waals surface area contributed by atoms with E-state index in [-0.39, 0.29) is 43.1 Å². The minimum absolute atomic E-state index is 0.00521. The normalized spacial score (nSPS) is 10.3. The van der Waals surface area contributed by atoms with Crippen molar-refractivity contribution in [1.29, 1.82) is 0 Å². The number of hydrogen-bond donors (Lipinski definition) is 1. The summed E-state index contributed by atoms with van der Waals surface area (Å²) in [7, 11) is 2.90. The molecule has 0 aliphatic rings. The van der Waals surface area contributed by atoms with Gasteiger partial charge < -0.3 is 24.7 Å². The van der Waals surface area contributed by atoms with Gasteiger partial charge in [0.1, 0.15) is 11.5 Å². The van der Waals surface area contributed by atoms with E-state index in [4.69, 9.17) is 71.1 Å². The number of rotatable bonds is 6. The fraction of sp³-hybridized carbons (Fsp3) is 0.0769. The van der Waals surface area contributed by atoms with E-state index in [2.05, 4.69) is 15.9 Å². The maximum Gasteiger partial charge on any atom is 0.169 e. The summed E-state index contributed by atoms with van der Waals surface area (Å²) in [5.74, 6) is 0.0217. The van der Waals surface area contributed by atoms with Gasteiger partial charge in [-0.15, -0.1) is 0 Å². The molecule has 0 saturated heterocycles. The number of methoxy groups -OCH3 is 2. The highest BCUT2D eigenvalue weighted by Crippen LogP contribution is 2.40. The topological polar surface area (TPSA) is 62.9 Å².